The number of ether oxygens (including phenoxy) is 1. The lowest BCUT2D eigenvalue weighted by Crippen LogP contribution is -2.45. The first-order valence-electron chi connectivity index (χ1n) is 9.40. The fourth-order valence-electron chi connectivity index (χ4n) is 3.42. The highest BCUT2D eigenvalue weighted by Gasteiger charge is 2.25. The molecule has 1 N–H and O–H groups in total. The molecule has 0 bridgehead atoms. The second-order valence-corrected chi connectivity index (χ2v) is 7.26. The lowest BCUT2D eigenvalue weighted by Gasteiger charge is -2.34. The minimum atomic E-state index is -0.311. The van der Waals surface area contributed by atoms with E-state index in [-0.39, 0.29) is 11.8 Å². The second kappa shape index (κ2) is 8.84. The predicted molar refractivity (Wildman–Crippen MR) is 102 cm³/mol. The number of hydrogen-bond donors (Lipinski definition) is 1. The summed E-state index contributed by atoms with van der Waals surface area (Å²) in [5, 5.41) is 2.95. The van der Waals surface area contributed by atoms with E-state index in [9.17, 15) is 9.18 Å². The van der Waals surface area contributed by atoms with E-state index >= 15 is 0 Å². The van der Waals surface area contributed by atoms with Gasteiger partial charge in [-0.15, -0.1) is 0 Å². The summed E-state index contributed by atoms with van der Waals surface area (Å²) in [6.45, 7) is 2.66. The number of amides is 2. The van der Waals surface area contributed by atoms with E-state index < -0.39 is 0 Å². The molecule has 0 saturated heterocycles. The van der Waals surface area contributed by atoms with E-state index in [1.165, 1.54) is 25.0 Å². The van der Waals surface area contributed by atoms with Gasteiger partial charge in [0.1, 0.15) is 11.6 Å². The minimum absolute atomic E-state index is 0.0549. The molecule has 5 nitrogen and oxygen atoms in total. The molecule has 6 heteroatoms. The minimum Gasteiger partial charge on any atom is -0.439 e. The Labute approximate surface area is 159 Å². The van der Waals surface area contributed by atoms with Gasteiger partial charge in [0, 0.05) is 31.9 Å². The zero-order valence-corrected chi connectivity index (χ0v) is 15.8. The van der Waals surface area contributed by atoms with Crippen LogP contribution >= 0.6 is 0 Å². The van der Waals surface area contributed by atoms with Crippen LogP contribution in [-0.2, 0) is 6.54 Å². The van der Waals surface area contributed by atoms with E-state index in [0.717, 1.165) is 18.4 Å². The molecule has 1 aliphatic carbocycles. The van der Waals surface area contributed by atoms with Gasteiger partial charge in [0.25, 0.3) is 0 Å². The molecule has 27 heavy (non-hydrogen) atoms. The van der Waals surface area contributed by atoms with Gasteiger partial charge < -0.3 is 15.0 Å². The summed E-state index contributed by atoms with van der Waals surface area (Å²) in [4.78, 5) is 18.5. The van der Waals surface area contributed by atoms with Crippen LogP contribution in [0.15, 0.2) is 42.6 Å². The van der Waals surface area contributed by atoms with Crippen molar-refractivity contribution in [2.45, 2.75) is 45.2 Å². The number of carbonyl (C=O) groups excluding carboxylic acids is 1. The number of hydrogen-bond acceptors (Lipinski definition) is 3. The Balaban J connectivity index is 1.49. The molecule has 1 aromatic carbocycles. The Bertz CT molecular complexity index is 749. The molecule has 3 rings (SSSR count). The van der Waals surface area contributed by atoms with Crippen molar-refractivity contribution in [3.63, 3.8) is 0 Å². The third-order valence-electron chi connectivity index (χ3n) is 5.05. The van der Waals surface area contributed by atoms with Crippen LogP contribution in [0, 0.1) is 11.7 Å². The molecule has 2 atom stereocenters. The maximum absolute atomic E-state index is 12.9. The van der Waals surface area contributed by atoms with E-state index in [0.29, 0.717) is 30.1 Å². The Hall–Kier alpha value is -2.63. The summed E-state index contributed by atoms with van der Waals surface area (Å²) >= 11 is 0. The Kier molecular flexibility index (Phi) is 6.27. The fraction of sp³-hybridized carbons (Fsp3) is 0.429. The molecular weight excluding hydrogens is 345 g/mol. The van der Waals surface area contributed by atoms with Gasteiger partial charge >= 0.3 is 6.03 Å². The Morgan fingerprint density at radius 1 is 1.26 bits per heavy atom. The quantitative estimate of drug-likeness (QED) is 0.826. The average molecular weight is 371 g/mol. The van der Waals surface area contributed by atoms with E-state index in [1.54, 1.807) is 24.4 Å². The molecule has 1 heterocycles. The summed E-state index contributed by atoms with van der Waals surface area (Å²) in [5.74, 6) is 1.31. The number of urea groups is 1. The monoisotopic (exact) mass is 371 g/mol. The van der Waals surface area contributed by atoms with Crippen LogP contribution in [0.4, 0.5) is 9.18 Å². The van der Waals surface area contributed by atoms with Crippen molar-refractivity contribution in [1.29, 1.82) is 0 Å². The molecular formula is C21H26FN3O2. The van der Waals surface area contributed by atoms with Gasteiger partial charge in [-0.25, -0.2) is 14.2 Å². The van der Waals surface area contributed by atoms with Crippen molar-refractivity contribution >= 4 is 6.03 Å². The standard InChI is InChI=1S/C21H26FN3O2/c1-15-4-3-5-18(12-15)25(2)21(26)24-14-16-6-11-20(23-13-16)27-19-9-7-17(22)8-10-19/h6-11,13,15,18H,3-5,12,14H2,1-2H3,(H,24,26). The van der Waals surface area contributed by atoms with Crippen molar-refractivity contribution < 1.29 is 13.9 Å². The molecule has 144 valence electrons. The smallest absolute Gasteiger partial charge is 0.317 e. The zero-order chi connectivity index (χ0) is 19.2. The molecule has 2 amide bonds. The van der Waals surface area contributed by atoms with Gasteiger partial charge in [-0.05, 0) is 48.6 Å². The number of pyridine rings is 1. The molecule has 1 fully saturated rings. The SMILES string of the molecule is CC1CCCC(N(C)C(=O)NCc2ccc(Oc3ccc(F)cc3)nc2)C1. The third-order valence-corrected chi connectivity index (χ3v) is 5.05. The number of carbonyl (C=O) groups is 1. The van der Waals surface area contributed by atoms with E-state index in [4.69, 9.17) is 4.74 Å². The first-order valence-corrected chi connectivity index (χ1v) is 9.40. The van der Waals surface area contributed by atoms with E-state index in [1.807, 2.05) is 18.0 Å². The highest BCUT2D eigenvalue weighted by molar-refractivity contribution is 5.74. The number of rotatable bonds is 5. The summed E-state index contributed by atoms with van der Waals surface area (Å²) in [6.07, 6.45) is 6.25. The molecule has 2 aromatic rings. The van der Waals surface area contributed by atoms with Crippen LogP contribution in [0.5, 0.6) is 11.6 Å². The maximum atomic E-state index is 12.9. The van der Waals surface area contributed by atoms with Gasteiger partial charge in [-0.2, -0.15) is 0 Å². The lowest BCUT2D eigenvalue weighted by atomic mass is 9.86. The highest BCUT2D eigenvalue weighted by atomic mass is 19.1. The van der Waals surface area contributed by atoms with Gasteiger partial charge in [-0.3, -0.25) is 0 Å². The predicted octanol–water partition coefficient (Wildman–Crippen LogP) is 4.73. The molecule has 1 aromatic heterocycles. The topological polar surface area (TPSA) is 54.5 Å². The fourth-order valence-corrected chi connectivity index (χ4v) is 3.42. The number of halogens is 1. The van der Waals surface area contributed by atoms with Crippen LogP contribution in [-0.4, -0.2) is 29.0 Å². The van der Waals surface area contributed by atoms with Gasteiger partial charge in [0.2, 0.25) is 5.88 Å². The second-order valence-electron chi connectivity index (χ2n) is 7.26. The van der Waals surface area contributed by atoms with Crippen molar-refractivity contribution in [3.05, 3.63) is 54.0 Å². The zero-order valence-electron chi connectivity index (χ0n) is 15.8. The number of aromatic nitrogens is 1. The average Bonchev–Trinajstić information content (AvgIpc) is 2.68. The van der Waals surface area contributed by atoms with E-state index in [2.05, 4.69) is 17.2 Å². The van der Waals surface area contributed by atoms with Crippen molar-refractivity contribution in [2.24, 2.45) is 5.92 Å². The summed E-state index contributed by atoms with van der Waals surface area (Å²) in [5.41, 5.74) is 0.889. The maximum Gasteiger partial charge on any atom is 0.317 e. The molecule has 0 spiro atoms. The normalized spacial score (nSPS) is 19.4. The lowest BCUT2D eigenvalue weighted by molar-refractivity contribution is 0.160. The number of nitrogens with one attached hydrogen (secondary N) is 1. The first kappa shape index (κ1) is 19.1. The molecule has 1 saturated carbocycles. The number of benzene rings is 1. The van der Waals surface area contributed by atoms with Crippen LogP contribution in [0.3, 0.4) is 0 Å². The van der Waals surface area contributed by atoms with Crippen LogP contribution < -0.4 is 10.1 Å². The van der Waals surface area contributed by atoms with Gasteiger partial charge in [-0.1, -0.05) is 25.8 Å². The van der Waals surface area contributed by atoms with Crippen LogP contribution in [0.1, 0.15) is 38.2 Å². The van der Waals surface area contributed by atoms with Crippen LogP contribution in [0.25, 0.3) is 0 Å². The number of nitrogens with zero attached hydrogens (tertiary/aromatic N) is 2. The Morgan fingerprint density at radius 3 is 2.70 bits per heavy atom. The van der Waals surface area contributed by atoms with Gasteiger partial charge in [0.15, 0.2) is 0 Å². The molecule has 0 radical (unpaired) electrons. The molecule has 2 unspecified atom stereocenters. The summed E-state index contributed by atoms with van der Waals surface area (Å²) < 4.78 is 18.5. The first-order chi connectivity index (χ1) is 13.0. The molecule has 1 aliphatic rings. The summed E-state index contributed by atoms with van der Waals surface area (Å²) in [6, 6.07) is 9.62. The van der Waals surface area contributed by atoms with Gasteiger partial charge in [0.05, 0.1) is 0 Å². The largest absolute Gasteiger partial charge is 0.439 e. The summed E-state index contributed by atoms with van der Waals surface area (Å²) in [7, 11) is 1.87. The third kappa shape index (κ3) is 5.42. The van der Waals surface area contributed by atoms with Crippen molar-refractivity contribution in [3.8, 4) is 11.6 Å². The van der Waals surface area contributed by atoms with Crippen molar-refractivity contribution in [1.82, 2.24) is 15.2 Å². The Morgan fingerprint density at radius 2 is 2.04 bits per heavy atom. The van der Waals surface area contributed by atoms with Crippen molar-refractivity contribution in [2.75, 3.05) is 7.05 Å². The molecule has 0 aliphatic heterocycles. The van der Waals surface area contributed by atoms with Crippen LogP contribution in [0.2, 0.25) is 0 Å². The highest BCUT2D eigenvalue weighted by Crippen LogP contribution is 2.26.